The number of rotatable bonds is 5. The molecule has 3 rings (SSSR count). The summed E-state index contributed by atoms with van der Waals surface area (Å²) >= 11 is 0. The molecular formula is C20H23N3O3. The molecule has 0 atom stereocenters. The highest BCUT2D eigenvalue weighted by Gasteiger charge is 2.18. The molecule has 2 aromatic heterocycles. The first-order valence-electron chi connectivity index (χ1n) is 8.55. The number of hydrogen-bond donors (Lipinski definition) is 0. The molecule has 1 aromatic carbocycles. The number of hydrogen-bond acceptors (Lipinski definition) is 5. The van der Waals surface area contributed by atoms with Crippen molar-refractivity contribution in [2.24, 2.45) is 7.05 Å². The summed E-state index contributed by atoms with van der Waals surface area (Å²) in [5.41, 5.74) is 4.81. The van der Waals surface area contributed by atoms with E-state index in [9.17, 15) is 4.79 Å². The van der Waals surface area contributed by atoms with Crippen LogP contribution in [0.3, 0.4) is 0 Å². The number of fused-ring (bicyclic) bond motifs is 1. The minimum atomic E-state index is -0.387. The molecule has 0 spiro atoms. The van der Waals surface area contributed by atoms with Gasteiger partial charge in [0.15, 0.2) is 5.65 Å². The first-order valence-corrected chi connectivity index (χ1v) is 8.55. The topological polar surface area (TPSA) is 66.2 Å². The molecule has 0 aliphatic carbocycles. The van der Waals surface area contributed by atoms with Gasteiger partial charge in [-0.25, -0.2) is 9.78 Å². The lowest BCUT2D eigenvalue weighted by atomic mass is 10.1. The summed E-state index contributed by atoms with van der Waals surface area (Å²) < 4.78 is 12.9. The van der Waals surface area contributed by atoms with E-state index in [1.807, 2.05) is 52.9 Å². The number of aromatic nitrogens is 3. The number of benzene rings is 1. The van der Waals surface area contributed by atoms with E-state index in [1.54, 1.807) is 10.7 Å². The second-order valence-corrected chi connectivity index (χ2v) is 6.42. The fourth-order valence-corrected chi connectivity index (χ4v) is 3.11. The highest BCUT2D eigenvalue weighted by atomic mass is 16.6. The molecule has 0 N–H and O–H groups in total. The second-order valence-electron chi connectivity index (χ2n) is 6.42. The Morgan fingerprint density at radius 1 is 1.12 bits per heavy atom. The number of carbonyl (C=O) groups excluding carboxylic acids is 1. The number of nitrogens with zero attached hydrogens (tertiary/aromatic N) is 3. The van der Waals surface area contributed by atoms with E-state index in [-0.39, 0.29) is 12.6 Å². The van der Waals surface area contributed by atoms with Crippen LogP contribution in [-0.4, -0.2) is 33.9 Å². The van der Waals surface area contributed by atoms with Crippen LogP contribution >= 0.6 is 0 Å². The molecule has 6 heteroatoms. The van der Waals surface area contributed by atoms with Gasteiger partial charge in [-0.05, 0) is 44.9 Å². The maximum absolute atomic E-state index is 12.6. The van der Waals surface area contributed by atoms with Crippen molar-refractivity contribution < 1.29 is 14.3 Å². The zero-order valence-corrected chi connectivity index (χ0v) is 15.8. The van der Waals surface area contributed by atoms with Crippen LogP contribution in [0, 0.1) is 27.7 Å². The quantitative estimate of drug-likeness (QED) is 0.519. The number of aryl methyl sites for hydroxylation is 5. The first kappa shape index (κ1) is 17.9. The molecular weight excluding hydrogens is 330 g/mol. The Bertz CT molecular complexity index is 956. The molecule has 6 nitrogen and oxygen atoms in total. The third-order valence-electron chi connectivity index (χ3n) is 4.29. The second kappa shape index (κ2) is 7.15. The fraction of sp³-hybridized carbons (Fsp3) is 0.350. The van der Waals surface area contributed by atoms with Gasteiger partial charge in [-0.1, -0.05) is 18.2 Å². The Hall–Kier alpha value is -2.89. The standard InChI is InChI=1S/C20H23N3O3/c1-12-7-6-8-13(2)18(12)25-9-10-26-20(24)16-11-14(3)21-19-17(16)15(4)22-23(19)5/h6-8,11H,9-10H2,1-5H3. The van der Waals surface area contributed by atoms with Gasteiger partial charge in [0.2, 0.25) is 0 Å². The van der Waals surface area contributed by atoms with E-state index in [2.05, 4.69) is 10.1 Å². The van der Waals surface area contributed by atoms with Crippen LogP contribution in [0.2, 0.25) is 0 Å². The number of pyridine rings is 1. The van der Waals surface area contributed by atoms with Gasteiger partial charge in [0.05, 0.1) is 16.6 Å². The minimum absolute atomic E-state index is 0.175. The van der Waals surface area contributed by atoms with Crippen molar-refractivity contribution in [2.45, 2.75) is 27.7 Å². The van der Waals surface area contributed by atoms with E-state index in [0.29, 0.717) is 17.8 Å². The Morgan fingerprint density at radius 3 is 2.50 bits per heavy atom. The van der Waals surface area contributed by atoms with E-state index < -0.39 is 0 Å². The van der Waals surface area contributed by atoms with E-state index in [1.165, 1.54) is 0 Å². The predicted molar refractivity (Wildman–Crippen MR) is 99.7 cm³/mol. The van der Waals surface area contributed by atoms with Crippen LogP contribution in [0.1, 0.15) is 32.9 Å². The first-order chi connectivity index (χ1) is 12.4. The Kier molecular flexibility index (Phi) is 4.93. The van der Waals surface area contributed by atoms with Crippen LogP contribution in [-0.2, 0) is 11.8 Å². The van der Waals surface area contributed by atoms with Crippen molar-refractivity contribution in [3.8, 4) is 5.75 Å². The maximum Gasteiger partial charge on any atom is 0.339 e. The minimum Gasteiger partial charge on any atom is -0.489 e. The summed E-state index contributed by atoms with van der Waals surface area (Å²) in [5.74, 6) is 0.454. The number of ether oxygens (including phenoxy) is 2. The normalized spacial score (nSPS) is 11.0. The fourth-order valence-electron chi connectivity index (χ4n) is 3.11. The molecule has 3 aromatic rings. The van der Waals surface area contributed by atoms with Gasteiger partial charge in [-0.3, -0.25) is 4.68 Å². The predicted octanol–water partition coefficient (Wildman–Crippen LogP) is 3.44. The van der Waals surface area contributed by atoms with Crippen molar-refractivity contribution in [3.05, 3.63) is 52.3 Å². The zero-order valence-electron chi connectivity index (χ0n) is 15.8. The molecule has 0 aliphatic rings. The number of carbonyl (C=O) groups is 1. The highest BCUT2D eigenvalue weighted by Crippen LogP contribution is 2.23. The van der Waals surface area contributed by atoms with Crippen LogP contribution in [0.5, 0.6) is 5.75 Å². The summed E-state index contributed by atoms with van der Waals surface area (Å²) in [6.07, 6.45) is 0. The van der Waals surface area contributed by atoms with E-state index in [4.69, 9.17) is 9.47 Å². The Morgan fingerprint density at radius 2 is 1.81 bits per heavy atom. The molecule has 0 radical (unpaired) electrons. The third-order valence-corrected chi connectivity index (χ3v) is 4.29. The largest absolute Gasteiger partial charge is 0.489 e. The highest BCUT2D eigenvalue weighted by molar-refractivity contribution is 6.03. The lowest BCUT2D eigenvalue weighted by molar-refractivity contribution is 0.0452. The number of para-hydroxylation sites is 1. The molecule has 0 unspecified atom stereocenters. The van der Waals surface area contributed by atoms with Crippen LogP contribution in [0.4, 0.5) is 0 Å². The van der Waals surface area contributed by atoms with Crippen molar-refractivity contribution in [2.75, 3.05) is 13.2 Å². The maximum atomic E-state index is 12.6. The summed E-state index contributed by atoms with van der Waals surface area (Å²) in [7, 11) is 1.81. The van der Waals surface area contributed by atoms with Crippen molar-refractivity contribution >= 4 is 17.0 Å². The SMILES string of the molecule is Cc1cc(C(=O)OCCOc2c(C)cccc2C)c2c(C)nn(C)c2n1. The van der Waals surface area contributed by atoms with Gasteiger partial charge in [0, 0.05) is 12.7 Å². The lowest BCUT2D eigenvalue weighted by Crippen LogP contribution is -2.14. The summed E-state index contributed by atoms with van der Waals surface area (Å²) in [5, 5.41) is 5.09. The summed E-state index contributed by atoms with van der Waals surface area (Å²) in [6, 6.07) is 7.72. The molecule has 0 saturated heterocycles. The molecule has 0 aliphatic heterocycles. The van der Waals surface area contributed by atoms with Crippen LogP contribution in [0.15, 0.2) is 24.3 Å². The van der Waals surface area contributed by atoms with Crippen molar-refractivity contribution in [1.82, 2.24) is 14.8 Å². The van der Waals surface area contributed by atoms with Gasteiger partial charge in [0.1, 0.15) is 19.0 Å². The molecule has 2 heterocycles. The van der Waals surface area contributed by atoms with Crippen LogP contribution < -0.4 is 4.74 Å². The summed E-state index contributed by atoms with van der Waals surface area (Å²) in [4.78, 5) is 17.0. The van der Waals surface area contributed by atoms with Gasteiger partial charge in [0.25, 0.3) is 0 Å². The van der Waals surface area contributed by atoms with Gasteiger partial charge in [-0.15, -0.1) is 0 Å². The van der Waals surface area contributed by atoms with Crippen molar-refractivity contribution in [1.29, 1.82) is 0 Å². The summed E-state index contributed by atoms with van der Waals surface area (Å²) in [6.45, 7) is 8.18. The van der Waals surface area contributed by atoms with Gasteiger partial charge < -0.3 is 9.47 Å². The van der Waals surface area contributed by atoms with E-state index in [0.717, 1.165) is 33.7 Å². The van der Waals surface area contributed by atoms with E-state index >= 15 is 0 Å². The molecule has 136 valence electrons. The molecule has 26 heavy (non-hydrogen) atoms. The average molecular weight is 353 g/mol. The number of esters is 1. The van der Waals surface area contributed by atoms with Crippen molar-refractivity contribution in [3.63, 3.8) is 0 Å². The molecule has 0 saturated carbocycles. The zero-order chi connectivity index (χ0) is 18.8. The van der Waals surface area contributed by atoms with Gasteiger partial charge in [-0.2, -0.15) is 5.10 Å². The smallest absolute Gasteiger partial charge is 0.339 e. The molecule has 0 bridgehead atoms. The Balaban J connectivity index is 1.70. The van der Waals surface area contributed by atoms with Gasteiger partial charge >= 0.3 is 5.97 Å². The third kappa shape index (κ3) is 3.40. The average Bonchev–Trinajstić information content (AvgIpc) is 2.87. The lowest BCUT2D eigenvalue weighted by Gasteiger charge is -2.12. The van der Waals surface area contributed by atoms with Crippen LogP contribution in [0.25, 0.3) is 11.0 Å². The monoisotopic (exact) mass is 353 g/mol. The molecule has 0 amide bonds. The molecule has 0 fully saturated rings. The Labute approximate surface area is 152 Å².